The molecule has 0 aliphatic rings. The summed E-state index contributed by atoms with van der Waals surface area (Å²) in [6, 6.07) is 5.78. The van der Waals surface area contributed by atoms with Gasteiger partial charge in [0.1, 0.15) is 0 Å². The molecule has 0 saturated heterocycles. The molecular formula is C10H10ClN3. The Kier molecular flexibility index (Phi) is 2.17. The van der Waals surface area contributed by atoms with E-state index in [1.165, 1.54) is 0 Å². The lowest BCUT2D eigenvalue weighted by atomic mass is 10.2. The number of nitrogen functional groups attached to an aromatic ring is 1. The number of halogens is 1. The van der Waals surface area contributed by atoms with Crippen molar-refractivity contribution < 1.29 is 0 Å². The standard InChI is InChI=1S/C10H10ClN3/c1-7-2-3-8(6-9(7)11)14-5-4-13-10(14)12/h2-6H,1H3,(H2,12,13). The van der Waals surface area contributed by atoms with Crippen LogP contribution in [0.4, 0.5) is 5.95 Å². The second kappa shape index (κ2) is 3.35. The van der Waals surface area contributed by atoms with Gasteiger partial charge in [0.05, 0.1) is 0 Å². The zero-order chi connectivity index (χ0) is 10.1. The van der Waals surface area contributed by atoms with Crippen molar-refractivity contribution in [3.63, 3.8) is 0 Å². The fourth-order valence-electron chi connectivity index (χ4n) is 1.26. The highest BCUT2D eigenvalue weighted by atomic mass is 35.5. The van der Waals surface area contributed by atoms with E-state index in [2.05, 4.69) is 4.98 Å². The number of anilines is 1. The minimum Gasteiger partial charge on any atom is -0.369 e. The van der Waals surface area contributed by atoms with Crippen molar-refractivity contribution in [1.82, 2.24) is 9.55 Å². The van der Waals surface area contributed by atoms with Gasteiger partial charge < -0.3 is 5.73 Å². The predicted octanol–water partition coefficient (Wildman–Crippen LogP) is 2.42. The number of nitrogens with two attached hydrogens (primary N) is 1. The van der Waals surface area contributed by atoms with Gasteiger partial charge in [-0.05, 0) is 24.6 Å². The van der Waals surface area contributed by atoms with Gasteiger partial charge >= 0.3 is 0 Å². The Morgan fingerprint density at radius 3 is 2.79 bits per heavy atom. The van der Waals surface area contributed by atoms with Crippen molar-refractivity contribution in [2.45, 2.75) is 6.92 Å². The molecule has 4 heteroatoms. The Morgan fingerprint density at radius 2 is 2.21 bits per heavy atom. The van der Waals surface area contributed by atoms with Gasteiger partial charge in [-0.15, -0.1) is 0 Å². The quantitative estimate of drug-likeness (QED) is 0.781. The first-order valence-corrected chi connectivity index (χ1v) is 4.61. The average Bonchev–Trinajstić information content (AvgIpc) is 2.57. The molecule has 0 saturated carbocycles. The smallest absolute Gasteiger partial charge is 0.204 e. The molecule has 0 aliphatic heterocycles. The summed E-state index contributed by atoms with van der Waals surface area (Å²) in [4.78, 5) is 3.94. The van der Waals surface area contributed by atoms with Gasteiger partial charge in [0, 0.05) is 23.1 Å². The molecule has 0 fully saturated rings. The summed E-state index contributed by atoms with van der Waals surface area (Å²) in [6.07, 6.45) is 3.46. The van der Waals surface area contributed by atoms with E-state index in [4.69, 9.17) is 17.3 Å². The third-order valence-corrected chi connectivity index (χ3v) is 2.51. The number of imidazole rings is 1. The molecule has 14 heavy (non-hydrogen) atoms. The lowest BCUT2D eigenvalue weighted by Gasteiger charge is -2.06. The molecule has 1 aromatic carbocycles. The van der Waals surface area contributed by atoms with E-state index < -0.39 is 0 Å². The van der Waals surface area contributed by atoms with Crippen LogP contribution < -0.4 is 5.73 Å². The fraction of sp³-hybridized carbons (Fsp3) is 0.100. The Bertz CT molecular complexity index is 462. The number of hydrogen-bond donors (Lipinski definition) is 1. The van der Waals surface area contributed by atoms with Crippen molar-refractivity contribution in [3.05, 3.63) is 41.2 Å². The van der Waals surface area contributed by atoms with Gasteiger partial charge in [-0.1, -0.05) is 17.7 Å². The summed E-state index contributed by atoms with van der Waals surface area (Å²) in [5, 5.41) is 0.732. The number of benzene rings is 1. The monoisotopic (exact) mass is 207 g/mol. The minimum absolute atomic E-state index is 0.463. The molecule has 0 aliphatic carbocycles. The zero-order valence-electron chi connectivity index (χ0n) is 7.74. The molecule has 2 aromatic rings. The van der Waals surface area contributed by atoms with Crippen LogP contribution in [0.15, 0.2) is 30.6 Å². The highest BCUT2D eigenvalue weighted by Crippen LogP contribution is 2.20. The van der Waals surface area contributed by atoms with E-state index in [1.54, 1.807) is 17.0 Å². The topological polar surface area (TPSA) is 43.8 Å². The SMILES string of the molecule is Cc1ccc(-n2ccnc2N)cc1Cl. The number of rotatable bonds is 1. The van der Waals surface area contributed by atoms with Crippen molar-refractivity contribution >= 4 is 17.5 Å². The van der Waals surface area contributed by atoms with E-state index in [1.807, 2.05) is 25.1 Å². The van der Waals surface area contributed by atoms with Gasteiger partial charge in [-0.2, -0.15) is 0 Å². The summed E-state index contributed by atoms with van der Waals surface area (Å²) in [5.74, 6) is 0.463. The molecule has 3 nitrogen and oxygen atoms in total. The minimum atomic E-state index is 0.463. The van der Waals surface area contributed by atoms with E-state index in [9.17, 15) is 0 Å². The van der Waals surface area contributed by atoms with E-state index in [-0.39, 0.29) is 0 Å². The van der Waals surface area contributed by atoms with Gasteiger partial charge in [0.25, 0.3) is 0 Å². The van der Waals surface area contributed by atoms with Crippen LogP contribution in [0.1, 0.15) is 5.56 Å². The molecule has 72 valence electrons. The number of aromatic nitrogens is 2. The summed E-state index contributed by atoms with van der Waals surface area (Å²) in [6.45, 7) is 1.96. The van der Waals surface area contributed by atoms with Gasteiger partial charge in [-0.3, -0.25) is 4.57 Å². The van der Waals surface area contributed by atoms with Crippen LogP contribution >= 0.6 is 11.6 Å². The van der Waals surface area contributed by atoms with Crippen LogP contribution in [-0.2, 0) is 0 Å². The molecular weight excluding hydrogens is 198 g/mol. The number of nitrogens with zero attached hydrogens (tertiary/aromatic N) is 2. The maximum atomic E-state index is 6.01. The average molecular weight is 208 g/mol. The molecule has 2 N–H and O–H groups in total. The van der Waals surface area contributed by atoms with E-state index >= 15 is 0 Å². The third-order valence-electron chi connectivity index (χ3n) is 2.10. The predicted molar refractivity (Wildman–Crippen MR) is 57.7 cm³/mol. The molecule has 1 aromatic heterocycles. The Balaban J connectivity index is 2.53. The van der Waals surface area contributed by atoms with Crippen LogP contribution in [-0.4, -0.2) is 9.55 Å². The van der Waals surface area contributed by atoms with Crippen LogP contribution in [0.5, 0.6) is 0 Å². The van der Waals surface area contributed by atoms with Crippen molar-refractivity contribution in [2.75, 3.05) is 5.73 Å². The van der Waals surface area contributed by atoms with Crippen molar-refractivity contribution in [1.29, 1.82) is 0 Å². The summed E-state index contributed by atoms with van der Waals surface area (Å²) in [7, 11) is 0. The second-order valence-electron chi connectivity index (χ2n) is 3.09. The first kappa shape index (κ1) is 9.09. The highest BCUT2D eigenvalue weighted by Gasteiger charge is 2.02. The third kappa shape index (κ3) is 1.46. The van der Waals surface area contributed by atoms with Crippen LogP contribution in [0.2, 0.25) is 5.02 Å². The van der Waals surface area contributed by atoms with Gasteiger partial charge in [0.2, 0.25) is 5.95 Å². The summed E-state index contributed by atoms with van der Waals surface area (Å²) >= 11 is 6.01. The molecule has 0 atom stereocenters. The Labute approximate surface area is 87.1 Å². The number of hydrogen-bond acceptors (Lipinski definition) is 2. The second-order valence-corrected chi connectivity index (χ2v) is 3.50. The summed E-state index contributed by atoms with van der Waals surface area (Å²) in [5.41, 5.74) is 7.65. The molecule has 0 radical (unpaired) electrons. The maximum absolute atomic E-state index is 6.01. The van der Waals surface area contributed by atoms with E-state index in [0.29, 0.717) is 5.95 Å². The largest absolute Gasteiger partial charge is 0.369 e. The Hall–Kier alpha value is -1.48. The lowest BCUT2D eigenvalue weighted by Crippen LogP contribution is -1.99. The number of aryl methyl sites for hydroxylation is 1. The summed E-state index contributed by atoms with van der Waals surface area (Å²) < 4.78 is 1.78. The lowest BCUT2D eigenvalue weighted by molar-refractivity contribution is 1.07. The maximum Gasteiger partial charge on any atom is 0.204 e. The molecule has 1 heterocycles. The van der Waals surface area contributed by atoms with Crippen molar-refractivity contribution in [2.24, 2.45) is 0 Å². The van der Waals surface area contributed by atoms with E-state index in [0.717, 1.165) is 16.3 Å². The molecule has 0 spiro atoms. The van der Waals surface area contributed by atoms with Crippen LogP contribution in [0, 0.1) is 6.92 Å². The van der Waals surface area contributed by atoms with Gasteiger partial charge in [0.15, 0.2) is 0 Å². The first-order valence-electron chi connectivity index (χ1n) is 4.24. The van der Waals surface area contributed by atoms with Gasteiger partial charge in [-0.25, -0.2) is 4.98 Å². The van der Waals surface area contributed by atoms with Crippen molar-refractivity contribution in [3.8, 4) is 5.69 Å². The normalized spacial score (nSPS) is 10.4. The van der Waals surface area contributed by atoms with Crippen LogP contribution in [0.25, 0.3) is 5.69 Å². The molecule has 0 bridgehead atoms. The fourth-order valence-corrected chi connectivity index (χ4v) is 1.44. The molecule has 2 rings (SSSR count). The Morgan fingerprint density at radius 1 is 1.43 bits per heavy atom. The molecule has 0 unspecified atom stereocenters. The zero-order valence-corrected chi connectivity index (χ0v) is 8.49. The molecule has 0 amide bonds. The highest BCUT2D eigenvalue weighted by molar-refractivity contribution is 6.31. The first-order chi connectivity index (χ1) is 6.68. The van der Waals surface area contributed by atoms with Crippen LogP contribution in [0.3, 0.4) is 0 Å².